The van der Waals surface area contributed by atoms with E-state index < -0.39 is 0 Å². The quantitative estimate of drug-likeness (QED) is 0.447. The van der Waals surface area contributed by atoms with Crippen molar-refractivity contribution in [3.8, 4) is 5.75 Å². The van der Waals surface area contributed by atoms with Gasteiger partial charge in [-0.1, -0.05) is 19.9 Å². The van der Waals surface area contributed by atoms with E-state index in [0.717, 1.165) is 31.5 Å². The van der Waals surface area contributed by atoms with Crippen LogP contribution in [0.5, 0.6) is 5.75 Å². The number of rotatable bonds is 10. The zero-order valence-electron chi connectivity index (χ0n) is 15.8. The molecule has 0 radical (unpaired) electrons. The molecule has 0 fully saturated rings. The van der Waals surface area contributed by atoms with E-state index in [9.17, 15) is 9.50 Å². The Balaban J connectivity index is 2.67. The van der Waals surface area contributed by atoms with Gasteiger partial charge in [0.1, 0.15) is 0 Å². The van der Waals surface area contributed by atoms with Gasteiger partial charge < -0.3 is 20.5 Å². The number of aliphatic imine (C=N–C) groups is 1. The van der Waals surface area contributed by atoms with Crippen LogP contribution in [-0.2, 0) is 6.54 Å². The Morgan fingerprint density at radius 3 is 2.64 bits per heavy atom. The zero-order chi connectivity index (χ0) is 18.7. The second-order valence-corrected chi connectivity index (χ2v) is 6.55. The van der Waals surface area contributed by atoms with Crippen LogP contribution in [-0.4, -0.2) is 37.9 Å². The lowest BCUT2D eigenvalue weighted by Crippen LogP contribution is -2.40. The molecule has 6 heteroatoms. The number of ether oxygens (including phenoxy) is 1. The van der Waals surface area contributed by atoms with Crippen molar-refractivity contribution in [1.82, 2.24) is 10.6 Å². The predicted octanol–water partition coefficient (Wildman–Crippen LogP) is 2.93. The summed E-state index contributed by atoms with van der Waals surface area (Å²) in [5, 5.41) is 15.7. The molecule has 0 saturated carbocycles. The lowest BCUT2D eigenvalue weighted by molar-refractivity contribution is 0.243. The predicted molar refractivity (Wildman–Crippen MR) is 100 cm³/mol. The zero-order valence-corrected chi connectivity index (χ0v) is 15.8. The number of guanidine groups is 1. The van der Waals surface area contributed by atoms with Crippen LogP contribution in [0.2, 0.25) is 0 Å². The molecule has 1 atom stereocenters. The molecule has 0 heterocycles. The fourth-order valence-corrected chi connectivity index (χ4v) is 2.71. The van der Waals surface area contributed by atoms with Gasteiger partial charge in [-0.25, -0.2) is 9.38 Å². The Morgan fingerprint density at radius 2 is 2.08 bits per heavy atom. The van der Waals surface area contributed by atoms with E-state index in [4.69, 9.17) is 4.74 Å². The summed E-state index contributed by atoms with van der Waals surface area (Å²) in [6.07, 6.45) is 1.82. The molecule has 0 bridgehead atoms. The van der Waals surface area contributed by atoms with E-state index in [1.165, 1.54) is 13.2 Å². The highest BCUT2D eigenvalue weighted by Gasteiger charge is 2.11. The number of nitrogens with zero attached hydrogens (tertiary/aromatic N) is 1. The van der Waals surface area contributed by atoms with Gasteiger partial charge in [0.25, 0.3) is 0 Å². The maximum atomic E-state index is 13.8. The molecule has 1 unspecified atom stereocenters. The van der Waals surface area contributed by atoms with Crippen LogP contribution in [0.25, 0.3) is 0 Å². The first-order valence-corrected chi connectivity index (χ1v) is 8.95. The average molecular weight is 353 g/mol. The van der Waals surface area contributed by atoms with Crippen molar-refractivity contribution in [3.05, 3.63) is 29.6 Å². The third kappa shape index (κ3) is 8.20. The first-order chi connectivity index (χ1) is 12.0. The molecule has 1 rings (SSSR count). The molecule has 1 aromatic carbocycles. The molecule has 0 aromatic heterocycles. The van der Waals surface area contributed by atoms with Crippen LogP contribution in [0.15, 0.2) is 23.2 Å². The lowest BCUT2D eigenvalue weighted by Gasteiger charge is -2.20. The number of methoxy groups -OCH3 is 1. The largest absolute Gasteiger partial charge is 0.494 e. The molecule has 1 aromatic rings. The summed E-state index contributed by atoms with van der Waals surface area (Å²) in [5.41, 5.74) is 0.782. The Bertz CT molecular complexity index is 535. The first kappa shape index (κ1) is 21.2. The van der Waals surface area contributed by atoms with Gasteiger partial charge in [-0.05, 0) is 49.3 Å². The van der Waals surface area contributed by atoms with Crippen molar-refractivity contribution in [3.63, 3.8) is 0 Å². The Kier molecular flexibility index (Phi) is 9.92. The number of aliphatic hydroxyl groups is 1. The Morgan fingerprint density at radius 1 is 1.32 bits per heavy atom. The normalized spacial score (nSPS) is 13.0. The van der Waals surface area contributed by atoms with Crippen LogP contribution < -0.4 is 15.4 Å². The van der Waals surface area contributed by atoms with Gasteiger partial charge in [0.15, 0.2) is 17.5 Å². The van der Waals surface area contributed by atoms with Gasteiger partial charge in [-0.2, -0.15) is 0 Å². The maximum absolute atomic E-state index is 13.8. The van der Waals surface area contributed by atoms with Crippen LogP contribution in [0.3, 0.4) is 0 Å². The summed E-state index contributed by atoms with van der Waals surface area (Å²) < 4.78 is 18.7. The van der Waals surface area contributed by atoms with Crippen molar-refractivity contribution < 1.29 is 14.2 Å². The number of aliphatic hydroxyl groups excluding tert-OH is 1. The summed E-state index contributed by atoms with van der Waals surface area (Å²) in [4.78, 5) is 4.52. The van der Waals surface area contributed by atoms with Crippen molar-refractivity contribution in [2.75, 3.05) is 26.8 Å². The summed E-state index contributed by atoms with van der Waals surface area (Å²) in [5.74, 6) is 1.53. The van der Waals surface area contributed by atoms with Crippen LogP contribution in [0.1, 0.15) is 39.2 Å². The third-order valence-electron chi connectivity index (χ3n) is 3.88. The van der Waals surface area contributed by atoms with Gasteiger partial charge in [0.2, 0.25) is 0 Å². The molecule has 0 aliphatic carbocycles. The third-order valence-corrected chi connectivity index (χ3v) is 3.88. The molecule has 0 aliphatic heterocycles. The highest BCUT2D eigenvalue weighted by atomic mass is 19.1. The molecular formula is C19H32FN3O2. The van der Waals surface area contributed by atoms with E-state index in [0.29, 0.717) is 24.3 Å². The van der Waals surface area contributed by atoms with Gasteiger partial charge >= 0.3 is 0 Å². The van der Waals surface area contributed by atoms with E-state index >= 15 is 0 Å². The lowest BCUT2D eigenvalue weighted by atomic mass is 9.94. The second kappa shape index (κ2) is 11.7. The van der Waals surface area contributed by atoms with Gasteiger partial charge in [-0.3, -0.25) is 0 Å². The molecule has 0 aliphatic rings. The first-order valence-electron chi connectivity index (χ1n) is 8.95. The molecule has 142 valence electrons. The Labute approximate surface area is 150 Å². The minimum Gasteiger partial charge on any atom is -0.494 e. The van der Waals surface area contributed by atoms with Crippen LogP contribution >= 0.6 is 0 Å². The number of benzene rings is 1. The topological polar surface area (TPSA) is 65.9 Å². The standard InChI is InChI=1S/C19H32FN3O2/c1-5-21-19(23-13-16(8-9-24)10-14(2)3)22-12-15-6-7-18(25-4)17(20)11-15/h6-7,11,14,16,24H,5,8-10,12-13H2,1-4H3,(H2,21,22,23). The van der Waals surface area contributed by atoms with Crippen molar-refractivity contribution in [2.45, 2.75) is 40.2 Å². The SMILES string of the molecule is CCNC(=NCc1ccc(OC)c(F)c1)NCC(CCO)CC(C)C. The Hall–Kier alpha value is -1.82. The van der Waals surface area contributed by atoms with Crippen molar-refractivity contribution in [1.29, 1.82) is 0 Å². The molecule has 0 amide bonds. The molecule has 5 nitrogen and oxygen atoms in total. The second-order valence-electron chi connectivity index (χ2n) is 6.55. The highest BCUT2D eigenvalue weighted by Crippen LogP contribution is 2.18. The van der Waals surface area contributed by atoms with Crippen LogP contribution in [0, 0.1) is 17.7 Å². The van der Waals surface area contributed by atoms with Crippen LogP contribution in [0.4, 0.5) is 4.39 Å². The number of hydrogen-bond acceptors (Lipinski definition) is 3. The van der Waals surface area contributed by atoms with E-state index in [1.54, 1.807) is 6.07 Å². The van der Waals surface area contributed by atoms with Gasteiger partial charge in [0, 0.05) is 19.7 Å². The van der Waals surface area contributed by atoms with Gasteiger partial charge in [0.05, 0.1) is 13.7 Å². The molecule has 25 heavy (non-hydrogen) atoms. The minimum absolute atomic E-state index is 0.192. The molecule has 0 saturated heterocycles. The highest BCUT2D eigenvalue weighted by molar-refractivity contribution is 5.79. The molecule has 0 spiro atoms. The van der Waals surface area contributed by atoms with Crippen molar-refractivity contribution in [2.24, 2.45) is 16.8 Å². The number of hydrogen-bond donors (Lipinski definition) is 3. The summed E-state index contributed by atoms with van der Waals surface area (Å²) in [7, 11) is 1.45. The minimum atomic E-state index is -0.381. The molecular weight excluding hydrogens is 321 g/mol. The maximum Gasteiger partial charge on any atom is 0.191 e. The fourth-order valence-electron chi connectivity index (χ4n) is 2.71. The summed E-state index contributed by atoms with van der Waals surface area (Å²) in [6.45, 7) is 8.44. The van der Waals surface area contributed by atoms with E-state index in [-0.39, 0.29) is 18.2 Å². The van der Waals surface area contributed by atoms with E-state index in [1.807, 2.05) is 13.0 Å². The van der Waals surface area contributed by atoms with Gasteiger partial charge in [-0.15, -0.1) is 0 Å². The fraction of sp³-hybridized carbons (Fsp3) is 0.632. The average Bonchev–Trinajstić information content (AvgIpc) is 2.57. The monoisotopic (exact) mass is 353 g/mol. The number of nitrogens with one attached hydrogen (secondary N) is 2. The summed E-state index contributed by atoms with van der Waals surface area (Å²) >= 11 is 0. The van der Waals surface area contributed by atoms with E-state index in [2.05, 4.69) is 29.5 Å². The molecule has 3 N–H and O–H groups in total. The summed E-state index contributed by atoms with van der Waals surface area (Å²) in [6, 6.07) is 4.86. The van der Waals surface area contributed by atoms with Crippen molar-refractivity contribution >= 4 is 5.96 Å². The smallest absolute Gasteiger partial charge is 0.191 e. The number of halogens is 1.